The molecule has 1 fully saturated rings. The van der Waals surface area contributed by atoms with E-state index in [0.717, 1.165) is 54.9 Å². The van der Waals surface area contributed by atoms with Crippen LogP contribution >= 0.6 is 0 Å². The number of hydrogen-bond donors (Lipinski definition) is 2. The zero-order valence-electron chi connectivity index (χ0n) is 17.0. The number of fused-ring (bicyclic) bond motifs is 2. The molecule has 0 radical (unpaired) electrons. The van der Waals surface area contributed by atoms with Gasteiger partial charge in [-0.1, -0.05) is 0 Å². The summed E-state index contributed by atoms with van der Waals surface area (Å²) >= 11 is 0. The van der Waals surface area contributed by atoms with Crippen LogP contribution in [-0.4, -0.2) is 50.3 Å². The molecule has 154 valence electrons. The van der Waals surface area contributed by atoms with Crippen LogP contribution in [0.4, 0.5) is 10.6 Å². The molecule has 5 rings (SSSR count). The van der Waals surface area contributed by atoms with Gasteiger partial charge in [-0.3, -0.25) is 9.67 Å². The molecule has 1 unspecified atom stereocenters. The summed E-state index contributed by atoms with van der Waals surface area (Å²) in [4.78, 5) is 22.7. The number of aryl methyl sites for hydroxylation is 1. The third kappa shape index (κ3) is 2.99. The molecule has 1 spiro atoms. The fourth-order valence-electron chi connectivity index (χ4n) is 4.70. The molecule has 1 atom stereocenters. The molecule has 8 heteroatoms. The van der Waals surface area contributed by atoms with Crippen molar-refractivity contribution in [3.05, 3.63) is 48.5 Å². The highest BCUT2D eigenvalue weighted by molar-refractivity contribution is 5.78. The molecule has 8 nitrogen and oxygen atoms in total. The number of hydrogen-bond acceptors (Lipinski definition) is 5. The lowest BCUT2D eigenvalue weighted by Crippen LogP contribution is -2.40. The minimum absolute atomic E-state index is 0.00843. The third-order valence-electron chi connectivity index (χ3n) is 6.30. The first kappa shape index (κ1) is 18.6. The average molecular weight is 403 g/mol. The number of nitrogens with one attached hydrogen (secondary N) is 1. The van der Waals surface area contributed by atoms with Crippen LogP contribution in [0.25, 0.3) is 22.4 Å². The Kier molecular flexibility index (Phi) is 4.42. The smallest absolute Gasteiger partial charge is 0.317 e. The number of rotatable bonds is 3. The van der Waals surface area contributed by atoms with Crippen LogP contribution in [0.3, 0.4) is 0 Å². The van der Waals surface area contributed by atoms with Crippen molar-refractivity contribution in [3.63, 3.8) is 0 Å². The Balaban J connectivity index is 1.46. The summed E-state index contributed by atoms with van der Waals surface area (Å²) in [5.41, 5.74) is 11.0. The van der Waals surface area contributed by atoms with E-state index in [1.807, 2.05) is 30.0 Å². The summed E-state index contributed by atoms with van der Waals surface area (Å²) in [5, 5.41) is 7.77. The molecule has 0 aliphatic carbocycles. The summed E-state index contributed by atoms with van der Waals surface area (Å²) in [6.07, 6.45) is 7.26. The minimum Gasteiger partial charge on any atom is -0.383 e. The molecule has 3 aromatic rings. The van der Waals surface area contributed by atoms with E-state index in [1.54, 1.807) is 18.6 Å². The largest absolute Gasteiger partial charge is 0.383 e. The van der Waals surface area contributed by atoms with Crippen LogP contribution < -0.4 is 11.1 Å². The lowest BCUT2D eigenvalue weighted by atomic mass is 9.82. The number of anilines is 1. The molecule has 2 aliphatic heterocycles. The number of nitrogen functional groups attached to an aromatic ring is 1. The average Bonchev–Trinajstić information content (AvgIpc) is 3.46. The highest BCUT2D eigenvalue weighted by Crippen LogP contribution is 2.44. The minimum atomic E-state index is -0.00843. The first-order valence-electron chi connectivity index (χ1n) is 10.4. The predicted octanol–water partition coefficient (Wildman–Crippen LogP) is 2.67. The molecular formula is C22H25N7O. The number of nitrogens with two attached hydrogens (primary N) is 1. The molecule has 1 saturated heterocycles. The van der Waals surface area contributed by atoms with E-state index in [0.29, 0.717) is 12.4 Å². The van der Waals surface area contributed by atoms with Gasteiger partial charge < -0.3 is 16.0 Å². The summed E-state index contributed by atoms with van der Waals surface area (Å²) in [5.74, 6) is 0.488. The Morgan fingerprint density at radius 1 is 1.20 bits per heavy atom. The summed E-state index contributed by atoms with van der Waals surface area (Å²) in [6.45, 7) is 4.99. The monoisotopic (exact) mass is 403 g/mol. The number of urea groups is 1. The van der Waals surface area contributed by atoms with Crippen LogP contribution in [0.5, 0.6) is 0 Å². The molecule has 2 aliphatic rings. The molecule has 3 aromatic heterocycles. The second-order valence-corrected chi connectivity index (χ2v) is 8.07. The molecule has 0 bridgehead atoms. The van der Waals surface area contributed by atoms with E-state index in [-0.39, 0.29) is 11.4 Å². The van der Waals surface area contributed by atoms with Crippen molar-refractivity contribution in [2.75, 3.05) is 25.4 Å². The zero-order chi connectivity index (χ0) is 20.7. The SMILES string of the molecule is CCNC(=O)N1CCC2(CCn3nc(-c4cnc(N)c(-c5ccncc5)c4)cc32)C1. The van der Waals surface area contributed by atoms with E-state index in [9.17, 15) is 4.79 Å². The van der Waals surface area contributed by atoms with Gasteiger partial charge in [-0.05, 0) is 49.6 Å². The van der Waals surface area contributed by atoms with Gasteiger partial charge in [0, 0.05) is 67.0 Å². The van der Waals surface area contributed by atoms with Crippen molar-refractivity contribution < 1.29 is 4.79 Å². The zero-order valence-corrected chi connectivity index (χ0v) is 17.0. The highest BCUT2D eigenvalue weighted by Gasteiger charge is 2.46. The van der Waals surface area contributed by atoms with Crippen molar-refractivity contribution >= 4 is 11.8 Å². The topological polar surface area (TPSA) is 102 Å². The molecule has 0 saturated carbocycles. The van der Waals surface area contributed by atoms with Gasteiger partial charge in [0.2, 0.25) is 0 Å². The van der Waals surface area contributed by atoms with Crippen molar-refractivity contribution in [3.8, 4) is 22.4 Å². The summed E-state index contributed by atoms with van der Waals surface area (Å²) in [7, 11) is 0. The Morgan fingerprint density at radius 3 is 2.80 bits per heavy atom. The van der Waals surface area contributed by atoms with Gasteiger partial charge in [0.25, 0.3) is 0 Å². The maximum absolute atomic E-state index is 12.3. The first-order chi connectivity index (χ1) is 14.6. The van der Waals surface area contributed by atoms with Gasteiger partial charge in [0.1, 0.15) is 5.82 Å². The Labute approximate surface area is 175 Å². The normalized spacial score (nSPS) is 20.0. The fraction of sp³-hybridized carbons (Fsp3) is 0.364. The number of aromatic nitrogens is 4. The van der Waals surface area contributed by atoms with E-state index < -0.39 is 0 Å². The standard InChI is InChI=1S/C22H25N7O/c1-2-25-21(30)28-9-5-22(14-28)6-10-29-19(22)12-18(27-29)16-11-17(20(23)26-13-16)15-3-7-24-8-4-15/h3-4,7-8,11-13H,2,5-6,9-10,14H2,1H3,(H2,23,26)(H,25,30). The fourth-order valence-corrected chi connectivity index (χ4v) is 4.70. The van der Waals surface area contributed by atoms with Gasteiger partial charge >= 0.3 is 6.03 Å². The third-order valence-corrected chi connectivity index (χ3v) is 6.30. The van der Waals surface area contributed by atoms with Crippen molar-refractivity contribution in [2.45, 2.75) is 31.7 Å². The molecule has 0 aromatic carbocycles. The summed E-state index contributed by atoms with van der Waals surface area (Å²) in [6, 6.07) is 8.08. The van der Waals surface area contributed by atoms with Crippen LogP contribution in [0.15, 0.2) is 42.9 Å². The van der Waals surface area contributed by atoms with Crippen molar-refractivity contribution in [1.82, 2.24) is 30.0 Å². The number of amides is 2. The molecular weight excluding hydrogens is 378 g/mol. The maximum atomic E-state index is 12.3. The molecule has 5 heterocycles. The number of likely N-dealkylation sites (tertiary alicyclic amines) is 1. The van der Waals surface area contributed by atoms with E-state index in [1.165, 1.54) is 5.69 Å². The molecule has 2 amide bonds. The number of nitrogens with zero attached hydrogens (tertiary/aromatic N) is 5. The summed E-state index contributed by atoms with van der Waals surface area (Å²) < 4.78 is 2.10. The highest BCUT2D eigenvalue weighted by atomic mass is 16.2. The van der Waals surface area contributed by atoms with Crippen LogP contribution in [0.1, 0.15) is 25.5 Å². The van der Waals surface area contributed by atoms with Crippen LogP contribution in [0.2, 0.25) is 0 Å². The lowest BCUT2D eigenvalue weighted by Gasteiger charge is -2.23. The van der Waals surface area contributed by atoms with Crippen LogP contribution in [-0.2, 0) is 12.0 Å². The number of carbonyl (C=O) groups is 1. The van der Waals surface area contributed by atoms with Crippen LogP contribution in [0, 0.1) is 0 Å². The number of carbonyl (C=O) groups excluding carboxylic acids is 1. The lowest BCUT2D eigenvalue weighted by molar-refractivity contribution is 0.206. The quantitative estimate of drug-likeness (QED) is 0.700. The van der Waals surface area contributed by atoms with Gasteiger partial charge in [0.15, 0.2) is 0 Å². The second kappa shape index (κ2) is 7.12. The first-order valence-corrected chi connectivity index (χ1v) is 10.4. The van der Waals surface area contributed by atoms with Gasteiger partial charge in [-0.25, -0.2) is 9.78 Å². The predicted molar refractivity (Wildman–Crippen MR) is 115 cm³/mol. The Morgan fingerprint density at radius 2 is 2.00 bits per heavy atom. The Hall–Kier alpha value is -3.42. The van der Waals surface area contributed by atoms with E-state index in [2.05, 4.69) is 26.0 Å². The molecule has 3 N–H and O–H groups in total. The van der Waals surface area contributed by atoms with Gasteiger partial charge in [0.05, 0.1) is 5.69 Å². The van der Waals surface area contributed by atoms with Gasteiger partial charge in [-0.2, -0.15) is 5.10 Å². The van der Waals surface area contributed by atoms with Crippen molar-refractivity contribution in [1.29, 1.82) is 0 Å². The second-order valence-electron chi connectivity index (χ2n) is 8.07. The molecule has 30 heavy (non-hydrogen) atoms. The van der Waals surface area contributed by atoms with E-state index >= 15 is 0 Å². The maximum Gasteiger partial charge on any atom is 0.317 e. The number of pyridine rings is 2. The van der Waals surface area contributed by atoms with E-state index in [4.69, 9.17) is 10.8 Å². The van der Waals surface area contributed by atoms with Crippen molar-refractivity contribution in [2.24, 2.45) is 0 Å². The van der Waals surface area contributed by atoms with Gasteiger partial charge in [-0.15, -0.1) is 0 Å². The Bertz CT molecular complexity index is 1090.